The van der Waals surface area contributed by atoms with E-state index < -0.39 is 12.0 Å². The molecule has 0 aliphatic heterocycles. The molecule has 1 heterocycles. The molecule has 0 saturated carbocycles. The van der Waals surface area contributed by atoms with Crippen LogP contribution in [-0.4, -0.2) is 32.1 Å². The van der Waals surface area contributed by atoms with Crippen LogP contribution in [0.5, 0.6) is 0 Å². The highest BCUT2D eigenvalue weighted by molar-refractivity contribution is 9.10. The fourth-order valence-electron chi connectivity index (χ4n) is 1.62. The van der Waals surface area contributed by atoms with E-state index in [1.54, 1.807) is 10.9 Å². The molecule has 1 atom stereocenters. The van der Waals surface area contributed by atoms with Gasteiger partial charge in [-0.2, -0.15) is 0 Å². The number of aryl methyl sites for hydroxylation is 1. The molecule has 0 bridgehead atoms. The highest BCUT2D eigenvalue weighted by atomic mass is 79.9. The number of nitrogens with zero attached hydrogens (tertiary/aromatic N) is 3. The Bertz CT molecular complexity index is 612. The van der Waals surface area contributed by atoms with E-state index in [1.165, 1.54) is 0 Å². The number of hydrogen-bond acceptors (Lipinski definition) is 4. The normalized spacial score (nSPS) is 12.4. The molecule has 1 aromatic carbocycles. The Balaban J connectivity index is 2.26. The van der Waals surface area contributed by atoms with Crippen molar-refractivity contribution in [3.8, 4) is 5.69 Å². The molecule has 7 heteroatoms. The van der Waals surface area contributed by atoms with Crippen LogP contribution in [0.2, 0.25) is 0 Å². The molecular weight excluding hydrogens is 312 g/mol. The molecule has 0 saturated heterocycles. The molecule has 1 unspecified atom stereocenters. The number of nitrogens with two attached hydrogens (primary N) is 1. The first kappa shape index (κ1) is 13.7. The second-order valence-corrected chi connectivity index (χ2v) is 5.11. The van der Waals surface area contributed by atoms with E-state index in [2.05, 4.69) is 26.2 Å². The number of carboxylic acid groups (broad SMARTS) is 1. The van der Waals surface area contributed by atoms with Gasteiger partial charge in [-0.05, 0) is 40.5 Å². The second kappa shape index (κ2) is 5.50. The van der Waals surface area contributed by atoms with Crippen molar-refractivity contribution in [1.29, 1.82) is 0 Å². The van der Waals surface area contributed by atoms with Gasteiger partial charge in [-0.25, -0.2) is 4.68 Å². The summed E-state index contributed by atoms with van der Waals surface area (Å²) in [6, 6.07) is 4.89. The van der Waals surface area contributed by atoms with E-state index in [0.717, 1.165) is 15.7 Å². The molecule has 100 valence electrons. The lowest BCUT2D eigenvalue weighted by Crippen LogP contribution is -2.32. The van der Waals surface area contributed by atoms with Gasteiger partial charge in [0.15, 0.2) is 0 Å². The van der Waals surface area contributed by atoms with Crippen LogP contribution in [0.25, 0.3) is 5.69 Å². The summed E-state index contributed by atoms with van der Waals surface area (Å²) in [5.74, 6) is -1.05. The first-order valence-electron chi connectivity index (χ1n) is 5.63. The number of benzene rings is 1. The molecule has 3 N–H and O–H groups in total. The SMILES string of the molecule is Cc1ccc(Br)c(-n2cc(CC(N)C(=O)O)nn2)c1. The fraction of sp³-hybridized carbons (Fsp3) is 0.250. The monoisotopic (exact) mass is 324 g/mol. The summed E-state index contributed by atoms with van der Waals surface area (Å²) in [5, 5.41) is 16.7. The summed E-state index contributed by atoms with van der Waals surface area (Å²) in [7, 11) is 0. The highest BCUT2D eigenvalue weighted by Gasteiger charge is 2.15. The standard InChI is InChI=1S/C12H13BrN4O2/c1-7-2-3-9(13)11(4-7)17-6-8(15-16-17)5-10(14)12(18)19/h2-4,6,10H,5,14H2,1H3,(H,18,19). The average Bonchev–Trinajstić information content (AvgIpc) is 2.80. The lowest BCUT2D eigenvalue weighted by Gasteiger charge is -2.04. The van der Waals surface area contributed by atoms with Crippen LogP contribution < -0.4 is 5.73 Å². The molecule has 0 radical (unpaired) electrons. The predicted octanol–water partition coefficient (Wildman–Crippen LogP) is 1.29. The third-order valence-corrected chi connectivity index (χ3v) is 3.31. The largest absolute Gasteiger partial charge is 0.480 e. The van der Waals surface area contributed by atoms with Crippen LogP contribution >= 0.6 is 15.9 Å². The van der Waals surface area contributed by atoms with Crippen molar-refractivity contribution < 1.29 is 9.90 Å². The van der Waals surface area contributed by atoms with E-state index in [-0.39, 0.29) is 6.42 Å². The van der Waals surface area contributed by atoms with Crippen molar-refractivity contribution in [2.75, 3.05) is 0 Å². The number of rotatable bonds is 4. The Morgan fingerprint density at radius 2 is 2.32 bits per heavy atom. The van der Waals surface area contributed by atoms with Crippen LogP contribution in [0.15, 0.2) is 28.9 Å². The average molecular weight is 325 g/mol. The third kappa shape index (κ3) is 3.18. The molecule has 1 aromatic heterocycles. The summed E-state index contributed by atoms with van der Waals surface area (Å²) in [6.45, 7) is 1.98. The summed E-state index contributed by atoms with van der Waals surface area (Å²) in [6.07, 6.45) is 1.83. The predicted molar refractivity (Wildman–Crippen MR) is 73.1 cm³/mol. The van der Waals surface area contributed by atoms with Crippen LogP contribution in [0.1, 0.15) is 11.3 Å². The fourth-order valence-corrected chi connectivity index (χ4v) is 2.05. The Labute approximate surface area is 118 Å². The lowest BCUT2D eigenvalue weighted by molar-refractivity contribution is -0.138. The van der Waals surface area contributed by atoms with E-state index in [4.69, 9.17) is 10.8 Å². The highest BCUT2D eigenvalue weighted by Crippen LogP contribution is 2.21. The minimum atomic E-state index is -1.05. The third-order valence-electron chi connectivity index (χ3n) is 2.64. The van der Waals surface area contributed by atoms with Crippen LogP contribution in [0, 0.1) is 6.92 Å². The van der Waals surface area contributed by atoms with Gasteiger partial charge in [0.05, 0.1) is 17.6 Å². The number of hydrogen-bond donors (Lipinski definition) is 2. The van der Waals surface area contributed by atoms with E-state index >= 15 is 0 Å². The number of carbonyl (C=O) groups is 1. The smallest absolute Gasteiger partial charge is 0.320 e. The van der Waals surface area contributed by atoms with Crippen molar-refractivity contribution in [3.05, 3.63) is 40.1 Å². The van der Waals surface area contributed by atoms with Crippen molar-refractivity contribution >= 4 is 21.9 Å². The van der Waals surface area contributed by atoms with Gasteiger partial charge in [0, 0.05) is 10.9 Å². The minimum Gasteiger partial charge on any atom is -0.480 e. The van der Waals surface area contributed by atoms with Gasteiger partial charge in [-0.15, -0.1) is 5.10 Å². The zero-order valence-electron chi connectivity index (χ0n) is 10.2. The van der Waals surface area contributed by atoms with Crippen LogP contribution in [0.4, 0.5) is 0 Å². The number of aliphatic carboxylic acids is 1. The topological polar surface area (TPSA) is 94.0 Å². The quantitative estimate of drug-likeness (QED) is 0.883. The number of carboxylic acids is 1. The number of aromatic nitrogens is 3. The molecule has 0 amide bonds. The molecule has 2 rings (SSSR count). The van der Waals surface area contributed by atoms with Crippen molar-refractivity contribution in [2.45, 2.75) is 19.4 Å². The Hall–Kier alpha value is -1.73. The zero-order chi connectivity index (χ0) is 14.0. The first-order chi connectivity index (χ1) is 8.97. The van der Waals surface area contributed by atoms with E-state index in [1.807, 2.05) is 25.1 Å². The molecule has 6 nitrogen and oxygen atoms in total. The van der Waals surface area contributed by atoms with Gasteiger partial charge in [-0.1, -0.05) is 11.3 Å². The van der Waals surface area contributed by atoms with E-state index in [9.17, 15) is 4.79 Å². The van der Waals surface area contributed by atoms with Gasteiger partial charge in [0.1, 0.15) is 6.04 Å². The molecule has 0 fully saturated rings. The van der Waals surface area contributed by atoms with Gasteiger partial charge in [0.2, 0.25) is 0 Å². The summed E-state index contributed by atoms with van der Waals surface area (Å²) in [4.78, 5) is 10.7. The minimum absolute atomic E-state index is 0.152. The molecule has 0 aliphatic carbocycles. The lowest BCUT2D eigenvalue weighted by atomic mass is 10.2. The maximum atomic E-state index is 10.7. The van der Waals surface area contributed by atoms with Crippen molar-refractivity contribution in [1.82, 2.24) is 15.0 Å². The van der Waals surface area contributed by atoms with Gasteiger partial charge in [0.25, 0.3) is 0 Å². The van der Waals surface area contributed by atoms with Gasteiger partial charge < -0.3 is 10.8 Å². The summed E-state index contributed by atoms with van der Waals surface area (Å²) in [5.41, 5.74) is 7.95. The van der Waals surface area contributed by atoms with Crippen LogP contribution in [0.3, 0.4) is 0 Å². The van der Waals surface area contributed by atoms with Crippen molar-refractivity contribution in [2.24, 2.45) is 5.73 Å². The summed E-state index contributed by atoms with van der Waals surface area (Å²) >= 11 is 3.44. The maximum absolute atomic E-state index is 10.7. The van der Waals surface area contributed by atoms with Gasteiger partial charge in [-0.3, -0.25) is 4.79 Å². The Morgan fingerprint density at radius 3 is 3.00 bits per heavy atom. The zero-order valence-corrected chi connectivity index (χ0v) is 11.8. The molecule has 2 aromatic rings. The number of halogens is 1. The molecule has 0 aliphatic rings. The molecule has 0 spiro atoms. The van der Waals surface area contributed by atoms with Crippen LogP contribution in [-0.2, 0) is 11.2 Å². The first-order valence-corrected chi connectivity index (χ1v) is 6.43. The van der Waals surface area contributed by atoms with Gasteiger partial charge >= 0.3 is 5.97 Å². The summed E-state index contributed by atoms with van der Waals surface area (Å²) < 4.78 is 2.48. The molecular formula is C12H13BrN4O2. The Kier molecular flexibility index (Phi) is 3.96. The second-order valence-electron chi connectivity index (χ2n) is 4.26. The Morgan fingerprint density at radius 1 is 1.58 bits per heavy atom. The maximum Gasteiger partial charge on any atom is 0.320 e. The van der Waals surface area contributed by atoms with Crippen molar-refractivity contribution in [3.63, 3.8) is 0 Å². The van der Waals surface area contributed by atoms with E-state index in [0.29, 0.717) is 5.69 Å². The molecule has 19 heavy (non-hydrogen) atoms.